The van der Waals surface area contributed by atoms with Crippen LogP contribution in [0.25, 0.3) is 54.6 Å². The molecule has 0 N–H and O–H groups in total. The van der Waals surface area contributed by atoms with Gasteiger partial charge in [0.15, 0.2) is 0 Å². The van der Waals surface area contributed by atoms with Gasteiger partial charge >= 0.3 is 0 Å². The summed E-state index contributed by atoms with van der Waals surface area (Å²) in [4.78, 5) is 0. The maximum Gasteiger partial charge on any atom is -0.00264 e. The minimum atomic E-state index is 1.25. The van der Waals surface area contributed by atoms with E-state index in [1.807, 2.05) is 0 Å². The summed E-state index contributed by atoms with van der Waals surface area (Å²) in [5.74, 6) is 0. The van der Waals surface area contributed by atoms with Crippen molar-refractivity contribution in [3.63, 3.8) is 0 Å². The largest absolute Gasteiger partial charge is 0.0622 e. The smallest absolute Gasteiger partial charge is 0.00264 e. The van der Waals surface area contributed by atoms with E-state index in [-0.39, 0.29) is 0 Å². The molecule has 0 atom stereocenters. The zero-order valence-electron chi connectivity index (χ0n) is 16.5. The molecule has 0 heteroatoms. The van der Waals surface area contributed by atoms with Crippen molar-refractivity contribution in [3.8, 4) is 22.3 Å². The molecule has 0 spiro atoms. The fourth-order valence-electron chi connectivity index (χ4n) is 4.53. The van der Waals surface area contributed by atoms with E-state index >= 15 is 0 Å². The molecule has 0 aliphatic heterocycles. The van der Waals surface area contributed by atoms with Gasteiger partial charge in [-0.2, -0.15) is 0 Å². The van der Waals surface area contributed by atoms with E-state index < -0.39 is 0 Å². The minimum absolute atomic E-state index is 1.25. The molecule has 0 nitrogen and oxygen atoms in total. The van der Waals surface area contributed by atoms with Gasteiger partial charge in [0.2, 0.25) is 0 Å². The van der Waals surface area contributed by atoms with E-state index in [4.69, 9.17) is 0 Å². The number of rotatable bonds is 2. The Labute approximate surface area is 176 Å². The lowest BCUT2D eigenvalue weighted by atomic mass is 9.88. The van der Waals surface area contributed by atoms with Crippen molar-refractivity contribution < 1.29 is 0 Å². The zero-order chi connectivity index (χ0) is 19.9. The molecule has 0 aliphatic carbocycles. The molecule has 0 unspecified atom stereocenters. The van der Waals surface area contributed by atoms with Gasteiger partial charge in [-0.3, -0.25) is 0 Å². The summed E-state index contributed by atoms with van der Waals surface area (Å²) < 4.78 is 0. The third-order valence-electron chi connectivity index (χ3n) is 6.01. The van der Waals surface area contributed by atoms with Crippen molar-refractivity contribution in [1.29, 1.82) is 0 Å². The van der Waals surface area contributed by atoms with Crippen LogP contribution in [0.2, 0.25) is 0 Å². The lowest BCUT2D eigenvalue weighted by Crippen LogP contribution is -1.89. The van der Waals surface area contributed by atoms with Crippen LogP contribution in [0.5, 0.6) is 0 Å². The predicted octanol–water partition coefficient (Wildman–Crippen LogP) is 8.48. The predicted molar refractivity (Wildman–Crippen MR) is 130 cm³/mol. The molecule has 140 valence electrons. The van der Waals surface area contributed by atoms with Crippen LogP contribution < -0.4 is 0 Å². The SMILES string of the molecule is c1ccc(-c2ccc3cc4ccccc4cc3c2-c2ccc3ccccc3c2)cc1. The topological polar surface area (TPSA) is 0 Å². The van der Waals surface area contributed by atoms with Gasteiger partial charge in [-0.15, -0.1) is 0 Å². The molecule has 30 heavy (non-hydrogen) atoms. The molecule has 6 aromatic rings. The minimum Gasteiger partial charge on any atom is -0.0622 e. The highest BCUT2D eigenvalue weighted by molar-refractivity contribution is 6.10. The molecule has 6 rings (SSSR count). The highest BCUT2D eigenvalue weighted by Gasteiger charge is 2.13. The second-order valence-electron chi connectivity index (χ2n) is 7.84. The molecule has 0 fully saturated rings. The van der Waals surface area contributed by atoms with Crippen molar-refractivity contribution in [3.05, 3.63) is 121 Å². The Bertz CT molecular complexity index is 1520. The summed E-state index contributed by atoms with van der Waals surface area (Å²) in [5.41, 5.74) is 5.08. The normalized spacial score (nSPS) is 11.3. The Kier molecular flexibility index (Phi) is 3.89. The van der Waals surface area contributed by atoms with Crippen LogP contribution >= 0.6 is 0 Å². The zero-order valence-corrected chi connectivity index (χ0v) is 16.5. The van der Waals surface area contributed by atoms with Crippen molar-refractivity contribution in [2.45, 2.75) is 0 Å². The third-order valence-corrected chi connectivity index (χ3v) is 6.01. The number of hydrogen-bond acceptors (Lipinski definition) is 0. The van der Waals surface area contributed by atoms with Crippen molar-refractivity contribution in [2.75, 3.05) is 0 Å². The van der Waals surface area contributed by atoms with E-state index in [0.717, 1.165) is 0 Å². The van der Waals surface area contributed by atoms with Crippen LogP contribution in [0, 0.1) is 0 Å². The second-order valence-corrected chi connectivity index (χ2v) is 7.84. The summed E-state index contributed by atoms with van der Waals surface area (Å²) >= 11 is 0. The van der Waals surface area contributed by atoms with E-state index in [2.05, 4.69) is 121 Å². The lowest BCUT2D eigenvalue weighted by Gasteiger charge is -2.16. The monoisotopic (exact) mass is 380 g/mol. The second kappa shape index (κ2) is 6.86. The summed E-state index contributed by atoms with van der Waals surface area (Å²) in [6, 6.07) is 43.9. The summed E-state index contributed by atoms with van der Waals surface area (Å²) in [6.07, 6.45) is 0. The molecule has 0 saturated heterocycles. The van der Waals surface area contributed by atoms with Crippen LogP contribution in [0.3, 0.4) is 0 Å². The van der Waals surface area contributed by atoms with E-state index in [0.29, 0.717) is 0 Å². The molecule has 0 heterocycles. The van der Waals surface area contributed by atoms with Crippen LogP contribution in [0.4, 0.5) is 0 Å². The number of hydrogen-bond donors (Lipinski definition) is 0. The molecule has 0 amide bonds. The van der Waals surface area contributed by atoms with Crippen LogP contribution in [0.1, 0.15) is 0 Å². The van der Waals surface area contributed by atoms with Gasteiger partial charge in [0.1, 0.15) is 0 Å². The molecule has 0 aromatic heterocycles. The molecule has 0 bridgehead atoms. The fraction of sp³-hybridized carbons (Fsp3) is 0. The van der Waals surface area contributed by atoms with Gasteiger partial charge in [0, 0.05) is 0 Å². The summed E-state index contributed by atoms with van der Waals surface area (Å²) in [6.45, 7) is 0. The van der Waals surface area contributed by atoms with Crippen LogP contribution in [0.15, 0.2) is 121 Å². The maximum absolute atomic E-state index is 2.35. The summed E-state index contributed by atoms with van der Waals surface area (Å²) in [7, 11) is 0. The molecule has 0 radical (unpaired) electrons. The van der Waals surface area contributed by atoms with E-state index in [1.54, 1.807) is 0 Å². The van der Waals surface area contributed by atoms with Gasteiger partial charge in [-0.25, -0.2) is 0 Å². The first-order valence-electron chi connectivity index (χ1n) is 10.4. The Morgan fingerprint density at radius 3 is 1.70 bits per heavy atom. The number of fused-ring (bicyclic) bond motifs is 3. The molecular formula is C30H20. The van der Waals surface area contributed by atoms with E-state index in [1.165, 1.54) is 54.6 Å². The average Bonchev–Trinajstić information content (AvgIpc) is 2.82. The highest BCUT2D eigenvalue weighted by Crippen LogP contribution is 2.40. The van der Waals surface area contributed by atoms with Crippen LogP contribution in [-0.4, -0.2) is 0 Å². The van der Waals surface area contributed by atoms with Gasteiger partial charge in [-0.1, -0.05) is 103 Å². The van der Waals surface area contributed by atoms with Crippen LogP contribution in [-0.2, 0) is 0 Å². The highest BCUT2D eigenvalue weighted by atomic mass is 14.2. The fourth-order valence-corrected chi connectivity index (χ4v) is 4.53. The average molecular weight is 380 g/mol. The Morgan fingerprint density at radius 1 is 0.333 bits per heavy atom. The first kappa shape index (κ1) is 17.0. The molecule has 0 aliphatic rings. The van der Waals surface area contributed by atoms with Gasteiger partial charge in [0.05, 0.1) is 0 Å². The van der Waals surface area contributed by atoms with E-state index in [9.17, 15) is 0 Å². The standard InChI is InChI=1S/C30H20/c1-2-9-22(10-3-1)28-17-16-26-18-24-12-6-7-13-25(24)20-29(26)30(28)27-15-14-21-8-4-5-11-23(21)19-27/h1-20H. The summed E-state index contributed by atoms with van der Waals surface area (Å²) in [5, 5.41) is 7.67. The van der Waals surface area contributed by atoms with Crippen molar-refractivity contribution >= 4 is 32.3 Å². The lowest BCUT2D eigenvalue weighted by molar-refractivity contribution is 1.62. The van der Waals surface area contributed by atoms with Gasteiger partial charge in [0.25, 0.3) is 0 Å². The molecular weight excluding hydrogens is 360 g/mol. The first-order chi connectivity index (χ1) is 14.9. The Balaban J connectivity index is 1.74. The van der Waals surface area contributed by atoms with Gasteiger partial charge < -0.3 is 0 Å². The quantitative estimate of drug-likeness (QED) is 0.264. The molecule has 6 aromatic carbocycles. The Hall–Kier alpha value is -3.90. The van der Waals surface area contributed by atoms with Gasteiger partial charge in [-0.05, 0) is 72.8 Å². The maximum atomic E-state index is 2.35. The first-order valence-corrected chi connectivity index (χ1v) is 10.4. The number of benzene rings is 6. The Morgan fingerprint density at radius 2 is 0.933 bits per heavy atom. The third kappa shape index (κ3) is 2.77. The van der Waals surface area contributed by atoms with Crippen molar-refractivity contribution in [2.24, 2.45) is 0 Å². The molecule has 0 saturated carbocycles. The van der Waals surface area contributed by atoms with Crippen molar-refractivity contribution in [1.82, 2.24) is 0 Å².